The van der Waals surface area contributed by atoms with Crippen molar-refractivity contribution >= 4 is 41.3 Å². The van der Waals surface area contributed by atoms with Crippen LogP contribution in [-0.4, -0.2) is 27.1 Å². The molecule has 17 heavy (non-hydrogen) atoms. The minimum atomic E-state index is -0.219. The molecule has 0 aliphatic carbocycles. The second-order valence-electron chi connectivity index (χ2n) is 3.63. The predicted octanol–water partition coefficient (Wildman–Crippen LogP) is 2.82. The van der Waals surface area contributed by atoms with Gasteiger partial charge in [-0.2, -0.15) is 0 Å². The maximum absolute atomic E-state index is 11.6. The van der Waals surface area contributed by atoms with Gasteiger partial charge in [-0.15, -0.1) is 0 Å². The Morgan fingerprint density at radius 3 is 3.00 bits per heavy atom. The van der Waals surface area contributed by atoms with Crippen LogP contribution in [0.2, 0.25) is 0 Å². The molecule has 1 aromatic carbocycles. The van der Waals surface area contributed by atoms with E-state index in [1.165, 1.54) is 0 Å². The van der Waals surface area contributed by atoms with E-state index < -0.39 is 0 Å². The first-order valence-electron chi connectivity index (χ1n) is 5.38. The Hall–Kier alpha value is -1.51. The molecule has 3 nitrogen and oxygen atoms in total. The fourth-order valence-corrected chi connectivity index (χ4v) is 3.77. The first-order valence-corrected chi connectivity index (χ1v) is 7.09. The summed E-state index contributed by atoms with van der Waals surface area (Å²) in [6.45, 7) is 2.22. The molecule has 3 rings (SSSR count). The maximum atomic E-state index is 11.6. The summed E-state index contributed by atoms with van der Waals surface area (Å²) >= 11 is -0.0688. The SMILES string of the molecule is CCOC(=O)c1cc2c(oc3ccccc32)[se]1. The van der Waals surface area contributed by atoms with E-state index in [2.05, 4.69) is 0 Å². The van der Waals surface area contributed by atoms with Gasteiger partial charge in [0, 0.05) is 0 Å². The summed E-state index contributed by atoms with van der Waals surface area (Å²) in [6, 6.07) is 9.78. The molecule has 0 aliphatic heterocycles. The number of ether oxygens (including phenoxy) is 1. The van der Waals surface area contributed by atoms with Crippen LogP contribution in [0.25, 0.3) is 20.8 Å². The molecular weight excluding hydrogens is 283 g/mol. The van der Waals surface area contributed by atoms with Crippen molar-refractivity contribution in [3.05, 3.63) is 34.8 Å². The van der Waals surface area contributed by atoms with E-state index in [4.69, 9.17) is 9.15 Å². The molecule has 0 radical (unpaired) electrons. The summed E-state index contributed by atoms with van der Waals surface area (Å²) in [7, 11) is 0. The molecule has 2 aromatic heterocycles. The zero-order chi connectivity index (χ0) is 11.8. The van der Waals surface area contributed by atoms with Crippen LogP contribution in [0.3, 0.4) is 0 Å². The van der Waals surface area contributed by atoms with Gasteiger partial charge in [0.2, 0.25) is 0 Å². The van der Waals surface area contributed by atoms with Crippen LogP contribution in [0.1, 0.15) is 16.2 Å². The van der Waals surface area contributed by atoms with E-state index in [0.29, 0.717) is 6.61 Å². The standard InChI is InChI=1S/C13H10O3Se/c1-2-15-12(14)11-7-9-8-5-3-4-6-10(8)16-13(9)17-11/h3-7H,2H2,1H3. The number of furan rings is 1. The summed E-state index contributed by atoms with van der Waals surface area (Å²) in [5, 5.41) is 2.12. The van der Waals surface area contributed by atoms with Crippen LogP contribution in [-0.2, 0) is 4.74 Å². The molecule has 3 aromatic rings. The van der Waals surface area contributed by atoms with Crippen LogP contribution < -0.4 is 0 Å². The molecule has 0 bridgehead atoms. The number of fused-ring (bicyclic) bond motifs is 3. The topological polar surface area (TPSA) is 39.4 Å². The molecule has 0 fully saturated rings. The molecule has 2 heterocycles. The molecule has 0 unspecified atom stereocenters. The van der Waals surface area contributed by atoms with Gasteiger partial charge in [0.1, 0.15) is 0 Å². The molecular formula is C13H10O3Se. The van der Waals surface area contributed by atoms with Gasteiger partial charge in [-0.1, -0.05) is 0 Å². The number of para-hydroxylation sites is 1. The zero-order valence-electron chi connectivity index (χ0n) is 9.23. The Bertz CT molecular complexity index is 693. The van der Waals surface area contributed by atoms with E-state index in [1.807, 2.05) is 37.3 Å². The Balaban J connectivity index is 2.17. The van der Waals surface area contributed by atoms with Crippen molar-refractivity contribution in [3.8, 4) is 0 Å². The van der Waals surface area contributed by atoms with Crippen LogP contribution >= 0.6 is 0 Å². The van der Waals surface area contributed by atoms with E-state index in [0.717, 1.165) is 25.2 Å². The monoisotopic (exact) mass is 294 g/mol. The quantitative estimate of drug-likeness (QED) is 0.539. The van der Waals surface area contributed by atoms with Gasteiger partial charge in [0.05, 0.1) is 0 Å². The average molecular weight is 293 g/mol. The van der Waals surface area contributed by atoms with Crippen LogP contribution in [0.15, 0.2) is 34.7 Å². The number of hydrogen-bond donors (Lipinski definition) is 0. The summed E-state index contributed by atoms with van der Waals surface area (Å²) < 4.78 is 12.4. The van der Waals surface area contributed by atoms with Gasteiger partial charge < -0.3 is 0 Å². The van der Waals surface area contributed by atoms with Crippen molar-refractivity contribution in [3.63, 3.8) is 0 Å². The Labute approximate surface area is 104 Å². The predicted molar refractivity (Wildman–Crippen MR) is 66.6 cm³/mol. The summed E-state index contributed by atoms with van der Waals surface area (Å²) in [5.74, 6) is -0.219. The third kappa shape index (κ3) is 1.70. The van der Waals surface area contributed by atoms with Crippen molar-refractivity contribution < 1.29 is 13.9 Å². The molecule has 0 aliphatic rings. The number of benzene rings is 1. The van der Waals surface area contributed by atoms with Gasteiger partial charge in [0.15, 0.2) is 0 Å². The third-order valence-corrected chi connectivity index (χ3v) is 4.64. The van der Waals surface area contributed by atoms with E-state index in [1.54, 1.807) is 0 Å². The Kier molecular flexibility index (Phi) is 2.54. The third-order valence-electron chi connectivity index (χ3n) is 2.55. The Morgan fingerprint density at radius 2 is 2.18 bits per heavy atom. The second kappa shape index (κ2) is 4.06. The van der Waals surface area contributed by atoms with Gasteiger partial charge in [0.25, 0.3) is 0 Å². The average Bonchev–Trinajstić information content (AvgIpc) is 2.86. The number of hydrogen-bond acceptors (Lipinski definition) is 3. The zero-order valence-corrected chi connectivity index (χ0v) is 10.9. The van der Waals surface area contributed by atoms with E-state index >= 15 is 0 Å². The summed E-state index contributed by atoms with van der Waals surface area (Å²) in [5.41, 5.74) is 0.888. The molecule has 0 amide bonds. The molecule has 0 saturated carbocycles. The van der Waals surface area contributed by atoms with E-state index in [-0.39, 0.29) is 20.5 Å². The first-order chi connectivity index (χ1) is 8.29. The first kappa shape index (κ1) is 10.6. The summed E-state index contributed by atoms with van der Waals surface area (Å²) in [6.07, 6.45) is 0. The molecule has 0 N–H and O–H groups in total. The van der Waals surface area contributed by atoms with Gasteiger partial charge >= 0.3 is 104 Å². The second-order valence-corrected chi connectivity index (χ2v) is 5.76. The van der Waals surface area contributed by atoms with Crippen molar-refractivity contribution in [1.29, 1.82) is 0 Å². The van der Waals surface area contributed by atoms with Crippen molar-refractivity contribution in [2.75, 3.05) is 6.61 Å². The molecule has 4 heteroatoms. The van der Waals surface area contributed by atoms with Crippen LogP contribution in [0, 0.1) is 0 Å². The fourth-order valence-electron chi connectivity index (χ4n) is 1.82. The molecule has 0 spiro atoms. The van der Waals surface area contributed by atoms with Crippen LogP contribution in [0.4, 0.5) is 0 Å². The normalized spacial score (nSPS) is 11.1. The number of esters is 1. The van der Waals surface area contributed by atoms with Crippen LogP contribution in [0.5, 0.6) is 0 Å². The van der Waals surface area contributed by atoms with E-state index in [9.17, 15) is 4.79 Å². The summed E-state index contributed by atoms with van der Waals surface area (Å²) in [4.78, 5) is 11.6. The Morgan fingerprint density at radius 1 is 1.35 bits per heavy atom. The molecule has 0 saturated heterocycles. The molecule has 86 valence electrons. The van der Waals surface area contributed by atoms with Crippen molar-refractivity contribution in [2.24, 2.45) is 0 Å². The van der Waals surface area contributed by atoms with Gasteiger partial charge in [-0.05, 0) is 0 Å². The number of rotatable bonds is 2. The van der Waals surface area contributed by atoms with Gasteiger partial charge in [-0.25, -0.2) is 0 Å². The minimum absolute atomic E-state index is 0.0688. The van der Waals surface area contributed by atoms with Gasteiger partial charge in [-0.3, -0.25) is 0 Å². The van der Waals surface area contributed by atoms with Crippen molar-refractivity contribution in [2.45, 2.75) is 6.92 Å². The van der Waals surface area contributed by atoms with Crippen molar-refractivity contribution in [1.82, 2.24) is 0 Å². The number of carbonyl (C=O) groups is 1. The molecule has 0 atom stereocenters. The fraction of sp³-hybridized carbons (Fsp3) is 0.154. The number of carbonyl (C=O) groups excluding carboxylic acids is 1.